The molecule has 0 saturated carbocycles. The number of ether oxygens (including phenoxy) is 1. The molecule has 2 aromatic carbocycles. The maximum absolute atomic E-state index is 13.2. The Balaban J connectivity index is 1.75. The number of carbonyl (C=O) groups is 2. The van der Waals surface area contributed by atoms with Gasteiger partial charge in [-0.2, -0.15) is 0 Å². The molecule has 0 aromatic heterocycles. The van der Waals surface area contributed by atoms with Gasteiger partial charge in [-0.3, -0.25) is 4.79 Å². The van der Waals surface area contributed by atoms with E-state index in [0.717, 1.165) is 5.56 Å². The molecular formula is C18H16FNO3. The van der Waals surface area contributed by atoms with Gasteiger partial charge >= 0.3 is 6.09 Å². The van der Waals surface area contributed by atoms with E-state index in [1.165, 1.54) is 12.1 Å². The molecule has 0 aliphatic rings. The van der Waals surface area contributed by atoms with Gasteiger partial charge < -0.3 is 10.1 Å². The molecule has 0 aliphatic heterocycles. The molecule has 0 heterocycles. The summed E-state index contributed by atoms with van der Waals surface area (Å²) in [5, 5.41) is 2.57. The molecule has 0 saturated heterocycles. The van der Waals surface area contributed by atoms with Crippen LogP contribution in [0.25, 0.3) is 6.08 Å². The van der Waals surface area contributed by atoms with E-state index in [-0.39, 0.29) is 18.7 Å². The van der Waals surface area contributed by atoms with Gasteiger partial charge in [-0.15, -0.1) is 0 Å². The summed E-state index contributed by atoms with van der Waals surface area (Å²) >= 11 is 0. The third-order valence-electron chi connectivity index (χ3n) is 3.03. The van der Waals surface area contributed by atoms with Crippen molar-refractivity contribution in [3.05, 3.63) is 77.1 Å². The molecule has 1 amide bonds. The third-order valence-corrected chi connectivity index (χ3v) is 3.03. The standard InChI is InChI=1S/C18H16FNO3/c19-17-9-8-14(11-16(17)12-21)7-4-10-20-18(22)23-13-15-5-2-1-3-6-15/h1-9,11-12H,10,13H2,(H,20,22). The van der Waals surface area contributed by atoms with E-state index in [9.17, 15) is 14.0 Å². The van der Waals surface area contributed by atoms with Crippen molar-refractivity contribution in [3.63, 3.8) is 0 Å². The fraction of sp³-hybridized carbons (Fsp3) is 0.111. The van der Waals surface area contributed by atoms with Crippen LogP contribution in [0, 0.1) is 5.82 Å². The van der Waals surface area contributed by atoms with E-state index >= 15 is 0 Å². The van der Waals surface area contributed by atoms with Gasteiger partial charge in [0.25, 0.3) is 0 Å². The van der Waals surface area contributed by atoms with Gasteiger partial charge in [0, 0.05) is 6.54 Å². The number of hydrogen-bond donors (Lipinski definition) is 1. The highest BCUT2D eigenvalue weighted by molar-refractivity contribution is 5.76. The lowest BCUT2D eigenvalue weighted by Gasteiger charge is -2.05. The second kappa shape index (κ2) is 8.48. The molecule has 1 N–H and O–H groups in total. The molecule has 0 unspecified atom stereocenters. The summed E-state index contributed by atoms with van der Waals surface area (Å²) in [6.07, 6.45) is 3.31. The first-order chi connectivity index (χ1) is 11.2. The van der Waals surface area contributed by atoms with Crippen molar-refractivity contribution in [1.82, 2.24) is 5.32 Å². The third kappa shape index (κ3) is 5.39. The van der Waals surface area contributed by atoms with Crippen molar-refractivity contribution < 1.29 is 18.7 Å². The number of aldehydes is 1. The Bertz CT molecular complexity index is 699. The summed E-state index contributed by atoms with van der Waals surface area (Å²) < 4.78 is 18.2. The predicted molar refractivity (Wildman–Crippen MR) is 85.5 cm³/mol. The van der Waals surface area contributed by atoms with Crippen molar-refractivity contribution in [2.45, 2.75) is 6.61 Å². The Labute approximate surface area is 133 Å². The minimum Gasteiger partial charge on any atom is -0.445 e. The van der Waals surface area contributed by atoms with Crippen LogP contribution in [0.3, 0.4) is 0 Å². The molecule has 0 atom stereocenters. The number of hydrogen-bond acceptors (Lipinski definition) is 3. The van der Waals surface area contributed by atoms with Crippen LogP contribution >= 0.6 is 0 Å². The van der Waals surface area contributed by atoms with Gasteiger partial charge in [0.2, 0.25) is 0 Å². The monoisotopic (exact) mass is 313 g/mol. The smallest absolute Gasteiger partial charge is 0.407 e. The summed E-state index contributed by atoms with van der Waals surface area (Å²) in [4.78, 5) is 22.2. The van der Waals surface area contributed by atoms with Crippen molar-refractivity contribution in [3.8, 4) is 0 Å². The van der Waals surface area contributed by atoms with Gasteiger partial charge in [-0.1, -0.05) is 48.6 Å². The number of alkyl carbamates (subject to hydrolysis) is 1. The fourth-order valence-corrected chi connectivity index (χ4v) is 1.87. The highest BCUT2D eigenvalue weighted by Crippen LogP contribution is 2.09. The van der Waals surface area contributed by atoms with Crippen LogP contribution in [-0.2, 0) is 11.3 Å². The van der Waals surface area contributed by atoms with Crippen LogP contribution in [0.1, 0.15) is 21.5 Å². The minimum atomic E-state index is -0.556. The molecule has 0 aliphatic carbocycles. The molecule has 5 heteroatoms. The number of amides is 1. The Kier molecular flexibility index (Phi) is 6.06. The van der Waals surface area contributed by atoms with Crippen LogP contribution in [0.2, 0.25) is 0 Å². The number of rotatable bonds is 6. The number of benzene rings is 2. The Hall–Kier alpha value is -2.95. The zero-order valence-corrected chi connectivity index (χ0v) is 12.4. The molecule has 2 rings (SSSR count). The molecule has 118 valence electrons. The zero-order valence-electron chi connectivity index (χ0n) is 12.4. The highest BCUT2D eigenvalue weighted by atomic mass is 19.1. The summed E-state index contributed by atoms with van der Waals surface area (Å²) in [6, 6.07) is 13.6. The van der Waals surface area contributed by atoms with E-state index in [1.54, 1.807) is 18.2 Å². The summed E-state index contributed by atoms with van der Waals surface area (Å²) in [5.74, 6) is -0.556. The predicted octanol–water partition coefficient (Wildman–Crippen LogP) is 3.58. The maximum Gasteiger partial charge on any atom is 0.407 e. The van der Waals surface area contributed by atoms with Crippen LogP contribution in [0.15, 0.2) is 54.6 Å². The van der Waals surface area contributed by atoms with Gasteiger partial charge in [0.05, 0.1) is 5.56 Å². The maximum atomic E-state index is 13.2. The summed E-state index contributed by atoms with van der Waals surface area (Å²) in [6.45, 7) is 0.471. The number of nitrogens with one attached hydrogen (secondary N) is 1. The van der Waals surface area contributed by atoms with E-state index in [1.807, 2.05) is 30.3 Å². The number of halogens is 1. The second-order valence-electron chi connectivity index (χ2n) is 4.74. The van der Waals surface area contributed by atoms with Crippen LogP contribution in [0.4, 0.5) is 9.18 Å². The van der Waals surface area contributed by atoms with E-state index in [2.05, 4.69) is 5.32 Å². The second-order valence-corrected chi connectivity index (χ2v) is 4.74. The van der Waals surface area contributed by atoms with Crippen molar-refractivity contribution in [1.29, 1.82) is 0 Å². The van der Waals surface area contributed by atoms with E-state index in [0.29, 0.717) is 11.8 Å². The molecule has 0 bridgehead atoms. The van der Waals surface area contributed by atoms with Gasteiger partial charge in [-0.05, 0) is 23.3 Å². The van der Waals surface area contributed by atoms with Crippen molar-refractivity contribution >= 4 is 18.5 Å². The van der Waals surface area contributed by atoms with Gasteiger partial charge in [0.15, 0.2) is 6.29 Å². The Morgan fingerprint density at radius 3 is 2.70 bits per heavy atom. The van der Waals surface area contributed by atoms with Crippen LogP contribution in [-0.4, -0.2) is 18.9 Å². The lowest BCUT2D eigenvalue weighted by atomic mass is 10.1. The molecule has 4 nitrogen and oxygen atoms in total. The van der Waals surface area contributed by atoms with E-state index < -0.39 is 11.9 Å². The molecular weight excluding hydrogens is 297 g/mol. The van der Waals surface area contributed by atoms with Crippen molar-refractivity contribution in [2.75, 3.05) is 6.54 Å². The lowest BCUT2D eigenvalue weighted by molar-refractivity contribution is 0.111. The SMILES string of the molecule is O=Cc1cc(C=CCNC(=O)OCc2ccccc2)ccc1F. The largest absolute Gasteiger partial charge is 0.445 e. The first-order valence-electron chi connectivity index (χ1n) is 7.05. The lowest BCUT2D eigenvalue weighted by Crippen LogP contribution is -2.24. The normalized spacial score (nSPS) is 10.5. The number of carbonyl (C=O) groups excluding carboxylic acids is 2. The quantitative estimate of drug-likeness (QED) is 0.829. The minimum absolute atomic E-state index is 0.00220. The Morgan fingerprint density at radius 1 is 1.17 bits per heavy atom. The van der Waals surface area contributed by atoms with Gasteiger partial charge in [-0.25, -0.2) is 9.18 Å². The first-order valence-corrected chi connectivity index (χ1v) is 7.05. The zero-order chi connectivity index (χ0) is 16.5. The molecule has 23 heavy (non-hydrogen) atoms. The summed E-state index contributed by atoms with van der Waals surface area (Å²) in [5.41, 5.74) is 1.58. The van der Waals surface area contributed by atoms with E-state index in [4.69, 9.17) is 4.74 Å². The van der Waals surface area contributed by atoms with Crippen molar-refractivity contribution in [2.24, 2.45) is 0 Å². The fourth-order valence-electron chi connectivity index (χ4n) is 1.87. The van der Waals surface area contributed by atoms with Crippen LogP contribution in [0.5, 0.6) is 0 Å². The first kappa shape index (κ1) is 16.4. The molecule has 0 radical (unpaired) electrons. The Morgan fingerprint density at radius 2 is 1.96 bits per heavy atom. The average Bonchev–Trinajstić information content (AvgIpc) is 2.59. The topological polar surface area (TPSA) is 55.4 Å². The summed E-state index contributed by atoms with van der Waals surface area (Å²) in [7, 11) is 0. The molecule has 0 fully saturated rings. The van der Waals surface area contributed by atoms with Crippen LogP contribution < -0.4 is 5.32 Å². The highest BCUT2D eigenvalue weighted by Gasteiger charge is 2.01. The molecule has 2 aromatic rings. The average molecular weight is 313 g/mol. The molecule has 0 spiro atoms. The van der Waals surface area contributed by atoms with Gasteiger partial charge in [0.1, 0.15) is 12.4 Å².